The largest absolute Gasteiger partial charge is 0.351 e. The van der Waals surface area contributed by atoms with E-state index in [4.69, 9.17) is 0 Å². The van der Waals surface area contributed by atoms with E-state index in [1.165, 1.54) is 11.3 Å². The molecule has 0 aliphatic heterocycles. The zero-order valence-electron chi connectivity index (χ0n) is 12.8. The highest BCUT2D eigenvalue weighted by Gasteiger charge is 2.12. The standard InChI is InChI=1S/C16H18N4OS/c1-10(2)8-14-18-19-16(22-14)17-15(21)12-5-4-11-6-7-20(3)13(11)9-12/h4-7,9-10H,8H2,1-3H3,(H,17,19,21). The molecule has 0 atom stereocenters. The second-order valence-electron chi connectivity index (χ2n) is 5.75. The van der Waals surface area contributed by atoms with Crippen LogP contribution in [0, 0.1) is 5.92 Å². The smallest absolute Gasteiger partial charge is 0.257 e. The molecule has 6 heteroatoms. The number of amides is 1. The van der Waals surface area contributed by atoms with Gasteiger partial charge in [-0.1, -0.05) is 31.3 Å². The van der Waals surface area contributed by atoms with Gasteiger partial charge in [0.1, 0.15) is 5.01 Å². The average Bonchev–Trinajstić information content (AvgIpc) is 3.05. The molecule has 0 fully saturated rings. The summed E-state index contributed by atoms with van der Waals surface area (Å²) >= 11 is 1.43. The van der Waals surface area contributed by atoms with Gasteiger partial charge in [-0.25, -0.2) is 0 Å². The zero-order valence-corrected chi connectivity index (χ0v) is 13.6. The summed E-state index contributed by atoms with van der Waals surface area (Å²) in [4.78, 5) is 12.3. The van der Waals surface area contributed by atoms with Crippen molar-refractivity contribution in [3.8, 4) is 0 Å². The summed E-state index contributed by atoms with van der Waals surface area (Å²) in [6, 6.07) is 7.70. The third kappa shape index (κ3) is 3.01. The van der Waals surface area contributed by atoms with Gasteiger partial charge >= 0.3 is 0 Å². The molecule has 5 nitrogen and oxygen atoms in total. The topological polar surface area (TPSA) is 59.8 Å². The molecule has 3 rings (SSSR count). The summed E-state index contributed by atoms with van der Waals surface area (Å²) in [6.45, 7) is 4.27. The number of carbonyl (C=O) groups excluding carboxylic acids is 1. The van der Waals surface area contributed by atoms with E-state index in [1.54, 1.807) is 0 Å². The molecule has 0 spiro atoms. The summed E-state index contributed by atoms with van der Waals surface area (Å²) in [7, 11) is 1.97. The summed E-state index contributed by atoms with van der Waals surface area (Å²) < 4.78 is 2.00. The van der Waals surface area contributed by atoms with E-state index in [0.717, 1.165) is 22.3 Å². The second-order valence-corrected chi connectivity index (χ2v) is 6.82. The van der Waals surface area contributed by atoms with Crippen molar-refractivity contribution in [3.63, 3.8) is 0 Å². The van der Waals surface area contributed by atoms with Gasteiger partial charge in [-0.05, 0) is 29.5 Å². The van der Waals surface area contributed by atoms with Crippen molar-refractivity contribution >= 4 is 33.3 Å². The molecule has 114 valence electrons. The van der Waals surface area contributed by atoms with Crippen LogP contribution in [-0.4, -0.2) is 20.7 Å². The Morgan fingerprint density at radius 3 is 2.91 bits per heavy atom. The lowest BCUT2D eigenvalue weighted by Crippen LogP contribution is -2.11. The first-order valence-corrected chi connectivity index (χ1v) is 8.03. The Hall–Kier alpha value is -2.21. The maximum absolute atomic E-state index is 12.3. The van der Waals surface area contributed by atoms with Gasteiger partial charge in [-0.15, -0.1) is 10.2 Å². The van der Waals surface area contributed by atoms with Crippen molar-refractivity contribution in [2.24, 2.45) is 13.0 Å². The highest BCUT2D eigenvalue weighted by Crippen LogP contribution is 2.21. The molecule has 2 heterocycles. The number of anilines is 1. The number of aromatic nitrogens is 3. The van der Waals surface area contributed by atoms with Crippen molar-refractivity contribution in [1.82, 2.24) is 14.8 Å². The number of benzene rings is 1. The van der Waals surface area contributed by atoms with Crippen LogP contribution in [0.1, 0.15) is 29.2 Å². The maximum Gasteiger partial charge on any atom is 0.257 e. The van der Waals surface area contributed by atoms with Crippen LogP contribution in [0.2, 0.25) is 0 Å². The number of carbonyl (C=O) groups is 1. The fourth-order valence-corrected chi connectivity index (χ4v) is 3.26. The van der Waals surface area contributed by atoms with Crippen molar-refractivity contribution < 1.29 is 4.79 Å². The Kier molecular flexibility index (Phi) is 3.94. The molecular weight excluding hydrogens is 296 g/mol. The van der Waals surface area contributed by atoms with Crippen LogP contribution in [-0.2, 0) is 13.5 Å². The van der Waals surface area contributed by atoms with Gasteiger partial charge in [0.2, 0.25) is 5.13 Å². The molecule has 0 aliphatic rings. The van der Waals surface area contributed by atoms with E-state index in [0.29, 0.717) is 16.6 Å². The fourth-order valence-electron chi connectivity index (χ4n) is 2.31. The van der Waals surface area contributed by atoms with Crippen molar-refractivity contribution in [3.05, 3.63) is 41.0 Å². The molecule has 3 aromatic rings. The molecule has 0 saturated heterocycles. The number of hydrogen-bond acceptors (Lipinski definition) is 4. The lowest BCUT2D eigenvalue weighted by molar-refractivity contribution is 0.102. The maximum atomic E-state index is 12.3. The minimum absolute atomic E-state index is 0.157. The van der Waals surface area contributed by atoms with Crippen LogP contribution < -0.4 is 5.32 Å². The number of nitrogens with one attached hydrogen (secondary N) is 1. The number of aryl methyl sites for hydroxylation is 1. The van der Waals surface area contributed by atoms with Gasteiger partial charge in [0, 0.05) is 30.7 Å². The van der Waals surface area contributed by atoms with Gasteiger partial charge in [0.15, 0.2) is 0 Å². The molecule has 0 unspecified atom stereocenters. The summed E-state index contributed by atoms with van der Waals surface area (Å²) in [6.07, 6.45) is 2.86. The summed E-state index contributed by atoms with van der Waals surface area (Å²) in [5.74, 6) is 0.367. The van der Waals surface area contributed by atoms with E-state index >= 15 is 0 Å². The zero-order chi connectivity index (χ0) is 15.7. The van der Waals surface area contributed by atoms with Crippen LogP contribution in [0.3, 0.4) is 0 Å². The van der Waals surface area contributed by atoms with Crippen molar-refractivity contribution in [2.75, 3.05) is 5.32 Å². The fraction of sp³-hybridized carbons (Fsp3) is 0.312. The van der Waals surface area contributed by atoms with Crippen molar-refractivity contribution in [2.45, 2.75) is 20.3 Å². The molecule has 0 aliphatic carbocycles. The molecule has 1 aromatic carbocycles. The Morgan fingerprint density at radius 2 is 2.14 bits per heavy atom. The Labute approximate surface area is 133 Å². The minimum Gasteiger partial charge on any atom is -0.351 e. The first kappa shape index (κ1) is 14.7. The normalized spacial score (nSPS) is 11.3. The van der Waals surface area contributed by atoms with Crippen LogP contribution in [0.25, 0.3) is 10.9 Å². The summed E-state index contributed by atoms with van der Waals surface area (Å²) in [5, 5.41) is 13.6. The minimum atomic E-state index is -0.157. The Bertz CT molecular complexity index is 819. The average molecular weight is 314 g/mol. The Morgan fingerprint density at radius 1 is 1.32 bits per heavy atom. The lowest BCUT2D eigenvalue weighted by atomic mass is 10.1. The predicted octanol–water partition coefficient (Wildman–Crippen LogP) is 3.48. The second kappa shape index (κ2) is 5.88. The highest BCUT2D eigenvalue weighted by molar-refractivity contribution is 7.15. The molecule has 0 saturated carbocycles. The van der Waals surface area contributed by atoms with Gasteiger partial charge in [-0.3, -0.25) is 10.1 Å². The number of fused-ring (bicyclic) bond motifs is 1. The number of hydrogen-bond donors (Lipinski definition) is 1. The van der Waals surface area contributed by atoms with E-state index in [-0.39, 0.29) is 5.91 Å². The van der Waals surface area contributed by atoms with E-state index in [9.17, 15) is 4.79 Å². The van der Waals surface area contributed by atoms with E-state index in [1.807, 2.05) is 42.1 Å². The van der Waals surface area contributed by atoms with Gasteiger partial charge in [0.25, 0.3) is 5.91 Å². The SMILES string of the molecule is CC(C)Cc1nnc(NC(=O)c2ccc3ccn(C)c3c2)s1. The predicted molar refractivity (Wildman–Crippen MR) is 89.3 cm³/mol. The monoisotopic (exact) mass is 314 g/mol. The van der Waals surface area contributed by atoms with Crippen molar-refractivity contribution in [1.29, 1.82) is 0 Å². The first-order valence-electron chi connectivity index (χ1n) is 7.22. The van der Waals surface area contributed by atoms with Gasteiger partial charge in [0.05, 0.1) is 0 Å². The van der Waals surface area contributed by atoms with Crippen LogP contribution in [0.4, 0.5) is 5.13 Å². The molecule has 22 heavy (non-hydrogen) atoms. The summed E-state index contributed by atoms with van der Waals surface area (Å²) in [5.41, 5.74) is 1.65. The lowest BCUT2D eigenvalue weighted by Gasteiger charge is -2.03. The van der Waals surface area contributed by atoms with E-state index < -0.39 is 0 Å². The van der Waals surface area contributed by atoms with Crippen LogP contribution >= 0.6 is 11.3 Å². The van der Waals surface area contributed by atoms with E-state index in [2.05, 4.69) is 29.4 Å². The van der Waals surface area contributed by atoms with Crippen LogP contribution in [0.15, 0.2) is 30.5 Å². The highest BCUT2D eigenvalue weighted by atomic mass is 32.1. The molecule has 1 amide bonds. The molecule has 1 N–H and O–H groups in total. The Balaban J connectivity index is 1.77. The quantitative estimate of drug-likeness (QED) is 0.802. The van der Waals surface area contributed by atoms with Gasteiger partial charge < -0.3 is 4.57 Å². The molecule has 0 radical (unpaired) electrons. The molecular formula is C16H18N4OS. The molecule has 2 aromatic heterocycles. The third-order valence-electron chi connectivity index (χ3n) is 3.42. The van der Waals surface area contributed by atoms with Crippen LogP contribution in [0.5, 0.6) is 0 Å². The number of rotatable bonds is 4. The number of nitrogens with zero attached hydrogens (tertiary/aromatic N) is 3. The third-order valence-corrected chi connectivity index (χ3v) is 4.28. The molecule has 0 bridgehead atoms. The first-order chi connectivity index (χ1) is 10.5. The van der Waals surface area contributed by atoms with Gasteiger partial charge in [-0.2, -0.15) is 0 Å².